The molecular formula is C12H15ClN2O. The highest BCUT2D eigenvalue weighted by Gasteiger charge is 2.12. The molecule has 0 fully saturated rings. The third-order valence-corrected chi connectivity index (χ3v) is 2.73. The van der Waals surface area contributed by atoms with E-state index < -0.39 is 0 Å². The number of hydrogen-bond donors (Lipinski definition) is 1. The van der Waals surface area contributed by atoms with E-state index in [1.54, 1.807) is 0 Å². The molecule has 0 saturated carbocycles. The molecule has 0 unspecified atom stereocenters. The zero-order chi connectivity index (χ0) is 11.7. The highest BCUT2D eigenvalue weighted by Crippen LogP contribution is 2.28. The molecule has 1 aromatic carbocycles. The van der Waals surface area contributed by atoms with E-state index in [-0.39, 0.29) is 5.92 Å². The lowest BCUT2D eigenvalue weighted by molar-refractivity contribution is 0.501. The Morgan fingerprint density at radius 2 is 2.19 bits per heavy atom. The van der Waals surface area contributed by atoms with Gasteiger partial charge in [0.15, 0.2) is 11.5 Å². The Hall–Kier alpha value is -1.06. The predicted molar refractivity (Wildman–Crippen MR) is 65.9 cm³/mol. The van der Waals surface area contributed by atoms with Crippen LogP contribution in [0, 0.1) is 0 Å². The molecule has 2 aromatic rings. The van der Waals surface area contributed by atoms with Crippen molar-refractivity contribution in [1.82, 2.24) is 4.98 Å². The van der Waals surface area contributed by atoms with Gasteiger partial charge in [-0.1, -0.05) is 25.4 Å². The first-order valence-electron chi connectivity index (χ1n) is 5.40. The van der Waals surface area contributed by atoms with Gasteiger partial charge in [0.25, 0.3) is 0 Å². The highest BCUT2D eigenvalue weighted by atomic mass is 35.5. The molecule has 0 aliphatic rings. The van der Waals surface area contributed by atoms with Crippen LogP contribution < -0.4 is 5.73 Å². The summed E-state index contributed by atoms with van der Waals surface area (Å²) in [7, 11) is 0. The molecular weight excluding hydrogens is 224 g/mol. The maximum absolute atomic E-state index is 6.14. The Bertz CT molecular complexity index is 505. The Labute approximate surface area is 99.6 Å². The van der Waals surface area contributed by atoms with Gasteiger partial charge in [0, 0.05) is 5.92 Å². The minimum atomic E-state index is 0.265. The van der Waals surface area contributed by atoms with Crippen LogP contribution in [0.2, 0.25) is 5.02 Å². The lowest BCUT2D eigenvalue weighted by Crippen LogP contribution is -2.02. The van der Waals surface area contributed by atoms with Crippen molar-refractivity contribution in [2.45, 2.75) is 26.2 Å². The maximum atomic E-state index is 6.14. The molecule has 0 bridgehead atoms. The number of halogens is 1. The van der Waals surface area contributed by atoms with Crippen molar-refractivity contribution in [2.75, 3.05) is 6.54 Å². The minimum Gasteiger partial charge on any atom is -0.439 e. The fourth-order valence-electron chi connectivity index (χ4n) is 1.62. The van der Waals surface area contributed by atoms with Crippen LogP contribution in [0.1, 0.15) is 31.2 Å². The van der Waals surface area contributed by atoms with E-state index >= 15 is 0 Å². The van der Waals surface area contributed by atoms with Crippen LogP contribution in [0.25, 0.3) is 11.1 Å². The number of fused-ring (bicyclic) bond motifs is 1. The molecule has 0 aliphatic carbocycles. The summed E-state index contributed by atoms with van der Waals surface area (Å²) in [4.78, 5) is 4.42. The van der Waals surface area contributed by atoms with Crippen molar-refractivity contribution < 1.29 is 4.42 Å². The van der Waals surface area contributed by atoms with Gasteiger partial charge < -0.3 is 10.2 Å². The summed E-state index contributed by atoms with van der Waals surface area (Å²) >= 11 is 6.14. The van der Waals surface area contributed by atoms with E-state index in [0.717, 1.165) is 23.4 Å². The van der Waals surface area contributed by atoms with Gasteiger partial charge in [-0.3, -0.25) is 0 Å². The van der Waals surface area contributed by atoms with Crippen molar-refractivity contribution in [2.24, 2.45) is 5.73 Å². The van der Waals surface area contributed by atoms with E-state index in [1.165, 1.54) is 0 Å². The Kier molecular flexibility index (Phi) is 3.17. The van der Waals surface area contributed by atoms with Crippen LogP contribution in [0.4, 0.5) is 0 Å². The first kappa shape index (κ1) is 11.4. The molecule has 2 N–H and O–H groups in total. The van der Waals surface area contributed by atoms with Gasteiger partial charge in [-0.25, -0.2) is 4.98 Å². The number of hydrogen-bond acceptors (Lipinski definition) is 3. The summed E-state index contributed by atoms with van der Waals surface area (Å²) in [5.41, 5.74) is 8.11. The highest BCUT2D eigenvalue weighted by molar-refractivity contribution is 6.34. The number of nitrogens with zero attached hydrogens (tertiary/aromatic N) is 1. The number of rotatable bonds is 3. The molecule has 4 heteroatoms. The molecule has 0 saturated heterocycles. The number of nitrogens with two attached hydrogens (primary N) is 1. The molecule has 0 amide bonds. The molecule has 0 radical (unpaired) electrons. The van der Waals surface area contributed by atoms with E-state index in [9.17, 15) is 0 Å². The van der Waals surface area contributed by atoms with Gasteiger partial charge in [-0.15, -0.1) is 0 Å². The summed E-state index contributed by atoms with van der Waals surface area (Å²) < 4.78 is 5.62. The molecule has 0 aliphatic heterocycles. The van der Waals surface area contributed by atoms with Crippen LogP contribution in [0.15, 0.2) is 16.5 Å². The molecule has 0 atom stereocenters. The second-order valence-corrected chi connectivity index (χ2v) is 4.58. The Balaban J connectivity index is 2.54. The molecule has 16 heavy (non-hydrogen) atoms. The monoisotopic (exact) mass is 238 g/mol. The smallest absolute Gasteiger partial charge is 0.198 e. The van der Waals surface area contributed by atoms with Crippen molar-refractivity contribution in [3.8, 4) is 0 Å². The van der Waals surface area contributed by atoms with Crippen LogP contribution in [-0.4, -0.2) is 11.5 Å². The van der Waals surface area contributed by atoms with E-state index in [2.05, 4.69) is 4.98 Å². The second-order valence-electron chi connectivity index (χ2n) is 4.17. The van der Waals surface area contributed by atoms with E-state index in [0.29, 0.717) is 17.2 Å². The SMILES string of the molecule is CC(C)c1nc2cc(CCN)cc(Cl)c2o1. The molecule has 1 aromatic heterocycles. The van der Waals surface area contributed by atoms with E-state index in [4.69, 9.17) is 21.8 Å². The standard InChI is InChI=1S/C12H15ClN2O/c1-7(2)12-15-10-6-8(3-4-14)5-9(13)11(10)16-12/h5-7H,3-4,14H2,1-2H3. The van der Waals surface area contributed by atoms with Crippen molar-refractivity contribution in [3.63, 3.8) is 0 Å². The first-order chi connectivity index (χ1) is 7.61. The number of oxazole rings is 1. The van der Waals surface area contributed by atoms with Gasteiger partial charge in [-0.2, -0.15) is 0 Å². The van der Waals surface area contributed by atoms with Crippen LogP contribution in [0.5, 0.6) is 0 Å². The lowest BCUT2D eigenvalue weighted by Gasteiger charge is -1.99. The Morgan fingerprint density at radius 1 is 1.44 bits per heavy atom. The van der Waals surface area contributed by atoms with Crippen molar-refractivity contribution in [1.29, 1.82) is 0 Å². The maximum Gasteiger partial charge on any atom is 0.198 e. The average Bonchev–Trinajstić information content (AvgIpc) is 2.62. The van der Waals surface area contributed by atoms with Gasteiger partial charge in [-0.05, 0) is 30.7 Å². The minimum absolute atomic E-state index is 0.265. The zero-order valence-electron chi connectivity index (χ0n) is 9.46. The number of benzene rings is 1. The van der Waals surface area contributed by atoms with Crippen LogP contribution in [-0.2, 0) is 6.42 Å². The normalized spacial score (nSPS) is 11.6. The fraction of sp³-hybridized carbons (Fsp3) is 0.417. The topological polar surface area (TPSA) is 52.0 Å². The van der Waals surface area contributed by atoms with Crippen LogP contribution in [0.3, 0.4) is 0 Å². The van der Waals surface area contributed by atoms with Crippen molar-refractivity contribution >= 4 is 22.7 Å². The summed E-state index contributed by atoms with van der Waals surface area (Å²) in [5, 5.41) is 0.611. The Morgan fingerprint density at radius 3 is 2.81 bits per heavy atom. The summed E-state index contributed by atoms with van der Waals surface area (Å²) in [6.07, 6.45) is 0.805. The largest absolute Gasteiger partial charge is 0.439 e. The van der Waals surface area contributed by atoms with Gasteiger partial charge in [0.1, 0.15) is 5.52 Å². The predicted octanol–water partition coefficient (Wildman–Crippen LogP) is 3.11. The zero-order valence-corrected chi connectivity index (χ0v) is 10.2. The first-order valence-corrected chi connectivity index (χ1v) is 5.78. The van der Waals surface area contributed by atoms with Gasteiger partial charge in [0.2, 0.25) is 0 Å². The molecule has 1 heterocycles. The second kappa shape index (κ2) is 4.44. The summed E-state index contributed by atoms with van der Waals surface area (Å²) in [6.45, 7) is 4.69. The molecule has 86 valence electrons. The third-order valence-electron chi connectivity index (χ3n) is 2.45. The van der Waals surface area contributed by atoms with Gasteiger partial charge in [0.05, 0.1) is 5.02 Å². The third kappa shape index (κ3) is 2.06. The molecule has 0 spiro atoms. The average molecular weight is 239 g/mol. The number of aromatic nitrogens is 1. The summed E-state index contributed by atoms with van der Waals surface area (Å²) in [5.74, 6) is 0.989. The van der Waals surface area contributed by atoms with E-state index in [1.807, 2.05) is 26.0 Å². The molecule has 2 rings (SSSR count). The quantitative estimate of drug-likeness (QED) is 0.894. The lowest BCUT2D eigenvalue weighted by atomic mass is 10.1. The van der Waals surface area contributed by atoms with Crippen LogP contribution >= 0.6 is 11.6 Å². The van der Waals surface area contributed by atoms with Crippen molar-refractivity contribution in [3.05, 3.63) is 28.6 Å². The summed E-state index contributed by atoms with van der Waals surface area (Å²) in [6, 6.07) is 3.88. The molecule has 3 nitrogen and oxygen atoms in total. The van der Waals surface area contributed by atoms with Gasteiger partial charge >= 0.3 is 0 Å². The fourth-order valence-corrected chi connectivity index (χ4v) is 1.90.